The zero-order chi connectivity index (χ0) is 26.6. The van der Waals surface area contributed by atoms with Crippen molar-refractivity contribution in [2.45, 2.75) is 25.0 Å². The van der Waals surface area contributed by atoms with Gasteiger partial charge in [0, 0.05) is 58.2 Å². The van der Waals surface area contributed by atoms with Crippen molar-refractivity contribution in [1.82, 2.24) is 19.8 Å². The van der Waals surface area contributed by atoms with Crippen LogP contribution in [0.4, 0.5) is 22.1 Å². The fraction of sp³-hybridized carbons (Fsp3) is 0.440. The van der Waals surface area contributed by atoms with E-state index in [0.717, 1.165) is 19.4 Å². The van der Waals surface area contributed by atoms with E-state index < -0.39 is 6.03 Å². The second-order valence-electron chi connectivity index (χ2n) is 9.34. The normalized spacial score (nSPS) is 16.6. The van der Waals surface area contributed by atoms with E-state index in [2.05, 4.69) is 26.7 Å². The third kappa shape index (κ3) is 6.02. The largest absolute Gasteiger partial charge is 0.381 e. The molecule has 2 aromatic rings. The number of urea groups is 1. The quantitative estimate of drug-likeness (QED) is 0.486. The van der Waals surface area contributed by atoms with Gasteiger partial charge in [-0.3, -0.25) is 24.7 Å². The third-order valence-electron chi connectivity index (χ3n) is 6.73. The van der Waals surface area contributed by atoms with E-state index in [-0.39, 0.29) is 35.4 Å². The van der Waals surface area contributed by atoms with Gasteiger partial charge in [0.15, 0.2) is 6.29 Å². The summed E-state index contributed by atoms with van der Waals surface area (Å²) >= 11 is 0. The number of carbonyl (C=O) groups excluding carboxylic acids is 3. The summed E-state index contributed by atoms with van der Waals surface area (Å²) in [6, 6.07) is 6.49. The van der Waals surface area contributed by atoms with Crippen molar-refractivity contribution >= 4 is 35.5 Å². The Morgan fingerprint density at radius 2 is 2.14 bits per heavy atom. The average Bonchev–Trinajstić information content (AvgIpc) is 3.69. The van der Waals surface area contributed by atoms with E-state index >= 15 is 0 Å². The number of aldehydes is 1. The van der Waals surface area contributed by atoms with E-state index in [1.165, 1.54) is 18.1 Å². The topological polar surface area (TPSA) is 144 Å². The molecule has 37 heavy (non-hydrogen) atoms. The predicted molar refractivity (Wildman–Crippen MR) is 136 cm³/mol. The summed E-state index contributed by atoms with van der Waals surface area (Å²) in [5.74, 6) is 0.502. The van der Waals surface area contributed by atoms with Gasteiger partial charge in [-0.25, -0.2) is 14.8 Å². The van der Waals surface area contributed by atoms with Crippen LogP contribution in [0.3, 0.4) is 0 Å². The maximum atomic E-state index is 12.9. The molecule has 2 N–H and O–H groups in total. The maximum Gasteiger partial charge on any atom is 0.328 e. The van der Waals surface area contributed by atoms with Crippen LogP contribution in [-0.2, 0) is 16.1 Å². The van der Waals surface area contributed by atoms with Crippen molar-refractivity contribution in [3.63, 3.8) is 0 Å². The number of nitriles is 1. The molecule has 1 saturated carbocycles. The lowest BCUT2D eigenvalue weighted by Gasteiger charge is -2.32. The lowest BCUT2D eigenvalue weighted by Crippen LogP contribution is -2.48. The number of likely N-dealkylation sites (N-methyl/N-ethyl adjacent to an activating group) is 1. The van der Waals surface area contributed by atoms with E-state index in [1.54, 1.807) is 30.2 Å². The minimum Gasteiger partial charge on any atom is -0.381 e. The van der Waals surface area contributed by atoms with Crippen molar-refractivity contribution in [2.24, 2.45) is 0 Å². The molecule has 4 rings (SSSR count). The molecule has 0 radical (unpaired) electrons. The summed E-state index contributed by atoms with van der Waals surface area (Å²) in [6.07, 6.45) is 3.90. The highest BCUT2D eigenvalue weighted by Gasteiger charge is 2.42. The standard InChI is InChI=1S/C25H30N8O4/c1-31-8-9-33(23(35)14-31)13-17-4-5-22(29-20(17)15-34)32(2)24(36)30-21-10-19(18(11-26)12-27-21)28-16-25(37-3)6-7-25/h4-5,10,12,15H,6-9,13-14,16H2,1-3H3,(H2,27,28,30,36). The van der Waals surface area contributed by atoms with Crippen LogP contribution in [0.2, 0.25) is 0 Å². The molecule has 3 amide bonds. The summed E-state index contributed by atoms with van der Waals surface area (Å²) in [5, 5.41) is 15.3. The first kappa shape index (κ1) is 26.0. The Bertz CT molecular complexity index is 1240. The second-order valence-corrected chi connectivity index (χ2v) is 9.34. The molecule has 0 spiro atoms. The van der Waals surface area contributed by atoms with Gasteiger partial charge in [-0.05, 0) is 26.0 Å². The summed E-state index contributed by atoms with van der Waals surface area (Å²) in [4.78, 5) is 50.4. The van der Waals surface area contributed by atoms with E-state index in [0.29, 0.717) is 42.7 Å². The van der Waals surface area contributed by atoms with Crippen LogP contribution in [0.15, 0.2) is 24.4 Å². The van der Waals surface area contributed by atoms with Gasteiger partial charge in [-0.2, -0.15) is 5.26 Å². The van der Waals surface area contributed by atoms with Crippen molar-refractivity contribution < 1.29 is 19.1 Å². The third-order valence-corrected chi connectivity index (χ3v) is 6.73. The van der Waals surface area contributed by atoms with Crippen LogP contribution in [0.1, 0.15) is 34.5 Å². The lowest BCUT2D eigenvalue weighted by atomic mass is 10.1. The molecule has 0 atom stereocenters. The number of pyridine rings is 2. The Morgan fingerprint density at radius 3 is 2.78 bits per heavy atom. The molecule has 2 aromatic heterocycles. The van der Waals surface area contributed by atoms with Crippen LogP contribution < -0.4 is 15.5 Å². The van der Waals surface area contributed by atoms with Crippen LogP contribution >= 0.6 is 0 Å². The zero-order valence-electron chi connectivity index (χ0n) is 21.2. The summed E-state index contributed by atoms with van der Waals surface area (Å²) in [5.41, 5.74) is 1.46. The van der Waals surface area contributed by atoms with Crippen LogP contribution in [0.25, 0.3) is 0 Å². The Labute approximate surface area is 215 Å². The van der Waals surface area contributed by atoms with Crippen molar-refractivity contribution in [1.29, 1.82) is 5.26 Å². The molecule has 2 fully saturated rings. The van der Waals surface area contributed by atoms with Gasteiger partial charge < -0.3 is 15.0 Å². The minimum absolute atomic E-state index is 0.00975. The van der Waals surface area contributed by atoms with Crippen LogP contribution in [-0.4, -0.2) is 91.0 Å². The lowest BCUT2D eigenvalue weighted by molar-refractivity contribution is -0.136. The fourth-order valence-electron chi connectivity index (χ4n) is 4.02. The molecule has 0 unspecified atom stereocenters. The number of hydrogen-bond acceptors (Lipinski definition) is 9. The van der Waals surface area contributed by atoms with Gasteiger partial charge in [0.2, 0.25) is 5.91 Å². The van der Waals surface area contributed by atoms with Gasteiger partial charge in [-0.15, -0.1) is 0 Å². The summed E-state index contributed by atoms with van der Waals surface area (Å²) in [7, 11) is 5.07. The highest BCUT2D eigenvalue weighted by atomic mass is 16.5. The molecule has 194 valence electrons. The van der Waals surface area contributed by atoms with E-state index in [1.807, 2.05) is 11.9 Å². The highest BCUT2D eigenvalue weighted by molar-refractivity contribution is 6.00. The summed E-state index contributed by atoms with van der Waals surface area (Å²) < 4.78 is 5.51. The first-order valence-electron chi connectivity index (χ1n) is 11.9. The second kappa shape index (κ2) is 10.9. The monoisotopic (exact) mass is 506 g/mol. The molecule has 1 aliphatic heterocycles. The Hall–Kier alpha value is -4.08. The molecule has 12 nitrogen and oxygen atoms in total. The minimum atomic E-state index is -0.523. The Morgan fingerprint density at radius 1 is 1.35 bits per heavy atom. The van der Waals surface area contributed by atoms with Gasteiger partial charge in [0.1, 0.15) is 23.4 Å². The van der Waals surface area contributed by atoms with Crippen molar-refractivity contribution in [3.8, 4) is 6.07 Å². The molecule has 1 saturated heterocycles. The Kier molecular flexibility index (Phi) is 7.66. The first-order chi connectivity index (χ1) is 17.8. The highest BCUT2D eigenvalue weighted by Crippen LogP contribution is 2.39. The molecule has 1 aliphatic carbocycles. The van der Waals surface area contributed by atoms with Crippen molar-refractivity contribution in [2.75, 3.05) is 62.9 Å². The SMILES string of the molecule is COC1(CNc2cc(NC(=O)N(C)c3ccc(CN4CCN(C)CC4=O)c(C=O)n3)ncc2C#N)CC1. The molecule has 2 aliphatic rings. The van der Waals surface area contributed by atoms with Gasteiger partial charge >= 0.3 is 6.03 Å². The van der Waals surface area contributed by atoms with Gasteiger partial charge in [0.25, 0.3) is 0 Å². The molecule has 0 aromatic carbocycles. The van der Waals surface area contributed by atoms with E-state index in [9.17, 15) is 19.6 Å². The first-order valence-corrected chi connectivity index (χ1v) is 11.9. The van der Waals surface area contributed by atoms with Crippen molar-refractivity contribution in [3.05, 3.63) is 41.2 Å². The number of nitrogens with zero attached hydrogens (tertiary/aromatic N) is 6. The number of anilines is 3. The molecular formula is C25H30N8O4. The predicted octanol–water partition coefficient (Wildman–Crippen LogP) is 1.69. The fourth-order valence-corrected chi connectivity index (χ4v) is 4.02. The number of methoxy groups -OCH3 is 1. The smallest absolute Gasteiger partial charge is 0.328 e. The number of rotatable bonds is 9. The van der Waals surface area contributed by atoms with Crippen LogP contribution in [0.5, 0.6) is 0 Å². The number of hydrogen-bond donors (Lipinski definition) is 2. The van der Waals surface area contributed by atoms with Gasteiger partial charge in [0.05, 0.1) is 23.4 Å². The number of piperazine rings is 1. The maximum absolute atomic E-state index is 12.9. The van der Waals surface area contributed by atoms with Gasteiger partial charge in [-0.1, -0.05) is 6.07 Å². The number of amides is 3. The molecular weight excluding hydrogens is 476 g/mol. The number of carbonyl (C=O) groups is 3. The number of ether oxygens (including phenoxy) is 1. The summed E-state index contributed by atoms with van der Waals surface area (Å²) in [6.45, 7) is 2.47. The average molecular weight is 507 g/mol. The number of nitrogens with one attached hydrogen (secondary N) is 2. The Balaban J connectivity index is 1.43. The van der Waals surface area contributed by atoms with E-state index in [4.69, 9.17) is 4.74 Å². The molecule has 3 heterocycles. The number of aromatic nitrogens is 2. The molecule has 0 bridgehead atoms. The molecule has 12 heteroatoms. The zero-order valence-corrected chi connectivity index (χ0v) is 21.2. The van der Waals surface area contributed by atoms with Crippen LogP contribution in [0, 0.1) is 11.3 Å².